The Balaban J connectivity index is 0.00000225. The first-order chi connectivity index (χ1) is 11.4. The number of carbonyl (C=O) groups is 1. The highest BCUT2D eigenvalue weighted by molar-refractivity contribution is 5.87. The summed E-state index contributed by atoms with van der Waals surface area (Å²) in [5, 5.41) is 13.8. The maximum atomic E-state index is 13.7. The fraction of sp³-hybridized carbons (Fsp3) is 0.158. The summed E-state index contributed by atoms with van der Waals surface area (Å²) in [6.45, 7) is 3.87. The van der Waals surface area contributed by atoms with Gasteiger partial charge in [0.1, 0.15) is 11.5 Å². The van der Waals surface area contributed by atoms with E-state index in [0.29, 0.717) is 16.8 Å². The van der Waals surface area contributed by atoms with Crippen LogP contribution in [0.25, 0.3) is 11.3 Å². The van der Waals surface area contributed by atoms with Gasteiger partial charge in [0.2, 0.25) is 0 Å². The number of aromatic nitrogens is 2. The number of halogens is 2. The molecule has 0 fully saturated rings. The highest BCUT2D eigenvalue weighted by Gasteiger charge is 2.16. The first-order valence-corrected chi connectivity index (χ1v) is 7.57. The standard InChI is InChI=1S/C19H17FN2O2.ClH/c1-12-3-7-15(8-4-12)17-10-18(19(23)24)22(21-17)11-14-6-5-13(2)16(20)9-14;/h3-10H,11H2,1-2H3,(H,23,24);1H. The van der Waals surface area contributed by atoms with E-state index in [1.807, 2.05) is 31.2 Å². The Bertz CT molecular complexity index is 904. The predicted octanol–water partition coefficient (Wildman–Crippen LogP) is 4.47. The van der Waals surface area contributed by atoms with Crippen molar-refractivity contribution in [3.8, 4) is 11.3 Å². The second kappa shape index (κ2) is 7.49. The van der Waals surface area contributed by atoms with Crippen molar-refractivity contribution in [3.63, 3.8) is 0 Å². The summed E-state index contributed by atoms with van der Waals surface area (Å²) < 4.78 is 15.1. The zero-order valence-electron chi connectivity index (χ0n) is 13.9. The summed E-state index contributed by atoms with van der Waals surface area (Å²) in [5.41, 5.74) is 3.84. The number of carboxylic acids is 1. The molecule has 1 heterocycles. The molecule has 3 aromatic rings. The maximum Gasteiger partial charge on any atom is 0.354 e. The highest BCUT2D eigenvalue weighted by atomic mass is 35.5. The largest absolute Gasteiger partial charge is 0.477 e. The monoisotopic (exact) mass is 360 g/mol. The van der Waals surface area contributed by atoms with E-state index in [2.05, 4.69) is 5.10 Å². The molecule has 0 spiro atoms. The molecular formula is C19H18ClFN2O2. The van der Waals surface area contributed by atoms with Gasteiger partial charge < -0.3 is 5.11 Å². The fourth-order valence-electron chi connectivity index (χ4n) is 2.48. The van der Waals surface area contributed by atoms with Crippen LogP contribution in [0, 0.1) is 19.7 Å². The quantitative estimate of drug-likeness (QED) is 0.746. The number of rotatable bonds is 4. The summed E-state index contributed by atoms with van der Waals surface area (Å²) in [6, 6.07) is 14.1. The van der Waals surface area contributed by atoms with Crippen LogP contribution in [0.1, 0.15) is 27.2 Å². The molecule has 0 atom stereocenters. The molecular weight excluding hydrogens is 343 g/mol. The van der Waals surface area contributed by atoms with Gasteiger partial charge in [-0.05, 0) is 37.1 Å². The Labute approximate surface area is 151 Å². The molecule has 3 rings (SSSR count). The van der Waals surface area contributed by atoms with Gasteiger partial charge in [-0.15, -0.1) is 12.4 Å². The Morgan fingerprint density at radius 3 is 2.40 bits per heavy atom. The number of hydrogen-bond acceptors (Lipinski definition) is 2. The maximum absolute atomic E-state index is 13.7. The van der Waals surface area contributed by atoms with Gasteiger partial charge in [0, 0.05) is 5.56 Å². The number of aryl methyl sites for hydroxylation is 2. The van der Waals surface area contributed by atoms with Crippen LogP contribution in [-0.4, -0.2) is 20.9 Å². The van der Waals surface area contributed by atoms with Crippen molar-refractivity contribution in [2.45, 2.75) is 20.4 Å². The fourth-order valence-corrected chi connectivity index (χ4v) is 2.48. The van der Waals surface area contributed by atoms with E-state index in [-0.39, 0.29) is 30.5 Å². The van der Waals surface area contributed by atoms with E-state index in [4.69, 9.17) is 0 Å². The summed E-state index contributed by atoms with van der Waals surface area (Å²) in [4.78, 5) is 11.5. The molecule has 0 aliphatic carbocycles. The van der Waals surface area contributed by atoms with E-state index in [9.17, 15) is 14.3 Å². The Kier molecular flexibility index (Phi) is 5.59. The molecule has 0 unspecified atom stereocenters. The molecule has 6 heteroatoms. The Hall–Kier alpha value is -2.66. The van der Waals surface area contributed by atoms with Gasteiger partial charge >= 0.3 is 5.97 Å². The van der Waals surface area contributed by atoms with E-state index in [0.717, 1.165) is 11.1 Å². The number of nitrogens with zero attached hydrogens (tertiary/aromatic N) is 2. The van der Waals surface area contributed by atoms with Crippen molar-refractivity contribution >= 4 is 18.4 Å². The first-order valence-electron chi connectivity index (χ1n) is 7.57. The Morgan fingerprint density at radius 1 is 1.12 bits per heavy atom. The topological polar surface area (TPSA) is 55.1 Å². The minimum atomic E-state index is -1.06. The summed E-state index contributed by atoms with van der Waals surface area (Å²) in [7, 11) is 0. The van der Waals surface area contributed by atoms with Gasteiger partial charge in [0.15, 0.2) is 0 Å². The molecule has 4 nitrogen and oxygen atoms in total. The van der Waals surface area contributed by atoms with E-state index >= 15 is 0 Å². The molecule has 0 aliphatic rings. The third kappa shape index (κ3) is 4.06. The molecule has 0 bridgehead atoms. The molecule has 1 N–H and O–H groups in total. The molecule has 0 aliphatic heterocycles. The zero-order valence-corrected chi connectivity index (χ0v) is 14.7. The second-order valence-corrected chi connectivity index (χ2v) is 5.83. The number of benzene rings is 2. The third-order valence-corrected chi connectivity index (χ3v) is 3.92. The van der Waals surface area contributed by atoms with E-state index in [1.165, 1.54) is 16.8 Å². The van der Waals surface area contributed by atoms with Crippen LogP contribution < -0.4 is 0 Å². The minimum Gasteiger partial charge on any atom is -0.477 e. The van der Waals surface area contributed by atoms with Gasteiger partial charge in [-0.1, -0.05) is 42.0 Å². The third-order valence-electron chi connectivity index (χ3n) is 3.92. The smallest absolute Gasteiger partial charge is 0.354 e. The normalized spacial score (nSPS) is 10.4. The number of aromatic carboxylic acids is 1. The van der Waals surface area contributed by atoms with E-state index < -0.39 is 5.97 Å². The van der Waals surface area contributed by atoms with Crippen molar-refractivity contribution in [2.24, 2.45) is 0 Å². The summed E-state index contributed by atoms with van der Waals surface area (Å²) in [5.74, 6) is -1.37. The molecule has 1 aromatic heterocycles. The molecule has 0 amide bonds. The van der Waals surface area contributed by atoms with Gasteiger partial charge in [-0.25, -0.2) is 9.18 Å². The van der Waals surface area contributed by atoms with Crippen molar-refractivity contribution in [2.75, 3.05) is 0 Å². The molecule has 130 valence electrons. The molecule has 0 saturated carbocycles. The number of carboxylic acid groups (broad SMARTS) is 1. The number of hydrogen-bond donors (Lipinski definition) is 1. The SMILES string of the molecule is Cc1ccc(-c2cc(C(=O)O)n(Cc3ccc(C)c(F)c3)n2)cc1.Cl. The van der Waals surface area contributed by atoms with Crippen LogP contribution in [0.2, 0.25) is 0 Å². The van der Waals surface area contributed by atoms with Crippen molar-refractivity contribution in [1.29, 1.82) is 0 Å². The van der Waals surface area contributed by atoms with Crippen LogP contribution in [0.5, 0.6) is 0 Å². The lowest BCUT2D eigenvalue weighted by molar-refractivity contribution is 0.0684. The van der Waals surface area contributed by atoms with Crippen LogP contribution in [0.4, 0.5) is 4.39 Å². The lowest BCUT2D eigenvalue weighted by Gasteiger charge is -2.06. The Morgan fingerprint density at radius 2 is 1.80 bits per heavy atom. The average molecular weight is 361 g/mol. The summed E-state index contributed by atoms with van der Waals surface area (Å²) >= 11 is 0. The molecule has 0 radical (unpaired) electrons. The summed E-state index contributed by atoms with van der Waals surface area (Å²) in [6.07, 6.45) is 0. The highest BCUT2D eigenvalue weighted by Crippen LogP contribution is 2.21. The van der Waals surface area contributed by atoms with Gasteiger partial charge in [-0.3, -0.25) is 4.68 Å². The second-order valence-electron chi connectivity index (χ2n) is 5.83. The lowest BCUT2D eigenvalue weighted by atomic mass is 10.1. The van der Waals surface area contributed by atoms with Gasteiger partial charge in [-0.2, -0.15) is 5.10 Å². The minimum absolute atomic E-state index is 0. The lowest BCUT2D eigenvalue weighted by Crippen LogP contribution is -2.11. The van der Waals surface area contributed by atoms with Crippen LogP contribution in [0.3, 0.4) is 0 Å². The van der Waals surface area contributed by atoms with E-state index in [1.54, 1.807) is 19.1 Å². The van der Waals surface area contributed by atoms with Gasteiger partial charge in [0.25, 0.3) is 0 Å². The molecule has 2 aromatic carbocycles. The van der Waals surface area contributed by atoms with Crippen LogP contribution in [0.15, 0.2) is 48.5 Å². The van der Waals surface area contributed by atoms with Gasteiger partial charge in [0.05, 0.1) is 12.2 Å². The van der Waals surface area contributed by atoms with Crippen molar-refractivity contribution in [1.82, 2.24) is 9.78 Å². The zero-order chi connectivity index (χ0) is 17.3. The predicted molar refractivity (Wildman–Crippen MR) is 96.8 cm³/mol. The molecule has 0 saturated heterocycles. The first kappa shape index (κ1) is 18.7. The average Bonchev–Trinajstić information content (AvgIpc) is 2.96. The van der Waals surface area contributed by atoms with Crippen LogP contribution >= 0.6 is 12.4 Å². The molecule has 25 heavy (non-hydrogen) atoms. The van der Waals surface area contributed by atoms with Crippen molar-refractivity contribution in [3.05, 3.63) is 76.7 Å². The van der Waals surface area contributed by atoms with Crippen molar-refractivity contribution < 1.29 is 14.3 Å². The van der Waals surface area contributed by atoms with Crippen LogP contribution in [-0.2, 0) is 6.54 Å².